The molecule has 0 radical (unpaired) electrons. The van der Waals surface area contributed by atoms with E-state index in [9.17, 15) is 4.79 Å². The number of aliphatic hydroxyl groups is 1. The van der Waals surface area contributed by atoms with E-state index in [1.807, 2.05) is 0 Å². The number of nitrogens with two attached hydrogens (primary N) is 1. The molecule has 112 valence electrons. The minimum absolute atomic E-state index is 0.0468. The average Bonchev–Trinajstić information content (AvgIpc) is 2.38. The highest BCUT2D eigenvalue weighted by Gasteiger charge is 2.07. The zero-order chi connectivity index (χ0) is 15.0. The maximum absolute atomic E-state index is 11.8. The lowest BCUT2D eigenvalue weighted by Crippen LogP contribution is -2.13. The van der Waals surface area contributed by atoms with Gasteiger partial charge in [0.2, 0.25) is 5.91 Å². The first kappa shape index (κ1) is 17.1. The number of hydrogen-bond acceptors (Lipinski definition) is 4. The molecule has 1 aromatic carbocycles. The molecule has 0 saturated carbocycles. The first-order valence-corrected chi connectivity index (χ1v) is 8.03. The smallest absolute Gasteiger partial charge is 0.224 e. The van der Waals surface area contributed by atoms with Gasteiger partial charge in [-0.15, -0.1) is 0 Å². The SMILES string of the molecule is CC(CCO)SCCCC(=O)Nc1ccc(Cl)cc1N. The van der Waals surface area contributed by atoms with E-state index in [4.69, 9.17) is 22.4 Å². The molecule has 6 heteroatoms. The molecule has 0 bridgehead atoms. The molecule has 0 aliphatic rings. The van der Waals surface area contributed by atoms with Crippen molar-refractivity contribution in [2.24, 2.45) is 0 Å². The summed E-state index contributed by atoms with van der Waals surface area (Å²) >= 11 is 7.57. The monoisotopic (exact) mass is 316 g/mol. The quantitative estimate of drug-likeness (QED) is 0.509. The molecule has 0 aliphatic carbocycles. The van der Waals surface area contributed by atoms with Crippen molar-refractivity contribution in [3.8, 4) is 0 Å². The van der Waals surface area contributed by atoms with Crippen LogP contribution >= 0.6 is 23.4 Å². The van der Waals surface area contributed by atoms with Gasteiger partial charge in [-0.3, -0.25) is 4.79 Å². The average molecular weight is 317 g/mol. The molecule has 0 heterocycles. The zero-order valence-electron chi connectivity index (χ0n) is 11.6. The van der Waals surface area contributed by atoms with E-state index in [2.05, 4.69) is 12.2 Å². The molecule has 1 unspecified atom stereocenters. The maximum atomic E-state index is 11.8. The van der Waals surface area contributed by atoms with E-state index in [0.29, 0.717) is 28.1 Å². The summed E-state index contributed by atoms with van der Waals surface area (Å²) in [6.45, 7) is 2.29. The van der Waals surface area contributed by atoms with Crippen molar-refractivity contribution in [3.63, 3.8) is 0 Å². The number of benzene rings is 1. The third-order valence-electron chi connectivity index (χ3n) is 2.77. The van der Waals surface area contributed by atoms with Crippen LogP contribution in [0.5, 0.6) is 0 Å². The number of amides is 1. The fourth-order valence-corrected chi connectivity index (χ4v) is 2.81. The summed E-state index contributed by atoms with van der Waals surface area (Å²) in [5, 5.41) is 12.5. The molecule has 20 heavy (non-hydrogen) atoms. The van der Waals surface area contributed by atoms with Crippen LogP contribution in [0.15, 0.2) is 18.2 Å². The van der Waals surface area contributed by atoms with Crippen LogP contribution in [0.4, 0.5) is 11.4 Å². The predicted octanol–water partition coefficient (Wildman–Crippen LogP) is 3.15. The van der Waals surface area contributed by atoms with Crippen LogP contribution in [0.2, 0.25) is 5.02 Å². The molecule has 0 aromatic heterocycles. The van der Waals surface area contributed by atoms with Crippen LogP contribution in [0.3, 0.4) is 0 Å². The standard InChI is InChI=1S/C14H21ClN2O2S/c1-10(6-7-18)20-8-2-3-14(19)17-13-5-4-11(15)9-12(13)16/h4-5,9-10,18H,2-3,6-8,16H2,1H3,(H,17,19). The number of carbonyl (C=O) groups excluding carboxylic acids is 1. The Kier molecular flexibility index (Phi) is 7.80. The van der Waals surface area contributed by atoms with Gasteiger partial charge in [0.05, 0.1) is 11.4 Å². The summed E-state index contributed by atoms with van der Waals surface area (Å²) in [5.74, 6) is 0.861. The molecule has 1 atom stereocenters. The van der Waals surface area contributed by atoms with Crippen LogP contribution in [0, 0.1) is 0 Å². The van der Waals surface area contributed by atoms with E-state index in [0.717, 1.165) is 18.6 Å². The molecular formula is C14H21ClN2O2S. The van der Waals surface area contributed by atoms with E-state index >= 15 is 0 Å². The number of halogens is 1. The van der Waals surface area contributed by atoms with Crippen molar-refractivity contribution in [1.29, 1.82) is 0 Å². The highest BCUT2D eigenvalue weighted by molar-refractivity contribution is 7.99. The molecule has 0 fully saturated rings. The van der Waals surface area contributed by atoms with Gasteiger partial charge in [-0.25, -0.2) is 0 Å². The number of hydrogen-bond donors (Lipinski definition) is 3. The Bertz CT molecular complexity index is 443. The third-order valence-corrected chi connectivity index (χ3v) is 4.34. The largest absolute Gasteiger partial charge is 0.397 e. The Labute approximate surface area is 129 Å². The molecule has 1 aromatic rings. The number of carbonyl (C=O) groups is 1. The number of aliphatic hydroxyl groups excluding tert-OH is 1. The third kappa shape index (κ3) is 6.50. The fourth-order valence-electron chi connectivity index (χ4n) is 1.64. The summed E-state index contributed by atoms with van der Waals surface area (Å²) in [5.41, 5.74) is 6.84. The summed E-state index contributed by atoms with van der Waals surface area (Å²) in [6, 6.07) is 5.01. The summed E-state index contributed by atoms with van der Waals surface area (Å²) in [4.78, 5) is 11.8. The van der Waals surface area contributed by atoms with Crippen molar-refractivity contribution in [2.75, 3.05) is 23.4 Å². The number of rotatable bonds is 8. The lowest BCUT2D eigenvalue weighted by molar-refractivity contribution is -0.116. The predicted molar refractivity (Wildman–Crippen MR) is 87.4 cm³/mol. The summed E-state index contributed by atoms with van der Waals surface area (Å²) in [6.07, 6.45) is 2.05. The van der Waals surface area contributed by atoms with E-state index in [1.165, 1.54) is 0 Å². The molecule has 1 amide bonds. The van der Waals surface area contributed by atoms with Gasteiger partial charge in [-0.2, -0.15) is 11.8 Å². The van der Waals surface area contributed by atoms with Crippen molar-refractivity contribution >= 4 is 40.6 Å². The number of anilines is 2. The molecule has 0 saturated heterocycles. The van der Waals surface area contributed by atoms with Crippen molar-refractivity contribution in [3.05, 3.63) is 23.2 Å². The van der Waals surface area contributed by atoms with Crippen LogP contribution in [-0.4, -0.2) is 28.6 Å². The highest BCUT2D eigenvalue weighted by Crippen LogP contribution is 2.23. The minimum Gasteiger partial charge on any atom is -0.397 e. The lowest BCUT2D eigenvalue weighted by atomic mass is 10.2. The number of thioether (sulfide) groups is 1. The van der Waals surface area contributed by atoms with Gasteiger partial charge < -0.3 is 16.2 Å². The second-order valence-electron chi connectivity index (χ2n) is 4.58. The van der Waals surface area contributed by atoms with Gasteiger partial charge in [-0.05, 0) is 36.8 Å². The lowest BCUT2D eigenvalue weighted by Gasteiger charge is -2.10. The van der Waals surface area contributed by atoms with Crippen molar-refractivity contribution in [2.45, 2.75) is 31.4 Å². The summed E-state index contributed by atoms with van der Waals surface area (Å²) < 4.78 is 0. The van der Waals surface area contributed by atoms with Crippen LogP contribution in [-0.2, 0) is 4.79 Å². The minimum atomic E-state index is -0.0468. The Morgan fingerprint density at radius 3 is 2.95 bits per heavy atom. The Morgan fingerprint density at radius 2 is 2.30 bits per heavy atom. The first-order chi connectivity index (χ1) is 9.52. The van der Waals surface area contributed by atoms with Crippen molar-refractivity contribution in [1.82, 2.24) is 0 Å². The van der Waals surface area contributed by atoms with Crippen molar-refractivity contribution < 1.29 is 9.90 Å². The van der Waals surface area contributed by atoms with Crippen LogP contribution in [0.25, 0.3) is 0 Å². The normalized spacial score (nSPS) is 12.2. The van der Waals surface area contributed by atoms with E-state index < -0.39 is 0 Å². The molecule has 4 N–H and O–H groups in total. The van der Waals surface area contributed by atoms with E-state index in [1.54, 1.807) is 30.0 Å². The van der Waals surface area contributed by atoms with Gasteiger partial charge >= 0.3 is 0 Å². The first-order valence-electron chi connectivity index (χ1n) is 6.60. The second kappa shape index (κ2) is 9.10. The van der Waals surface area contributed by atoms with Gasteiger partial charge in [0.25, 0.3) is 0 Å². The van der Waals surface area contributed by atoms with Crippen LogP contribution < -0.4 is 11.1 Å². The Balaban J connectivity index is 2.26. The Morgan fingerprint density at radius 1 is 1.55 bits per heavy atom. The molecule has 0 aliphatic heterocycles. The summed E-state index contributed by atoms with van der Waals surface area (Å²) in [7, 11) is 0. The highest BCUT2D eigenvalue weighted by atomic mass is 35.5. The Hall–Kier alpha value is -0.910. The van der Waals surface area contributed by atoms with Gasteiger partial charge in [-0.1, -0.05) is 18.5 Å². The van der Waals surface area contributed by atoms with E-state index in [-0.39, 0.29) is 12.5 Å². The van der Waals surface area contributed by atoms with Gasteiger partial charge in [0.15, 0.2) is 0 Å². The second-order valence-corrected chi connectivity index (χ2v) is 6.56. The topological polar surface area (TPSA) is 75.3 Å². The van der Waals surface area contributed by atoms with Gasteiger partial charge in [0, 0.05) is 23.3 Å². The van der Waals surface area contributed by atoms with Crippen LogP contribution in [0.1, 0.15) is 26.2 Å². The molecule has 1 rings (SSSR count). The maximum Gasteiger partial charge on any atom is 0.224 e. The number of nitrogen functional groups attached to an aromatic ring is 1. The molecule has 0 spiro atoms. The fraction of sp³-hybridized carbons (Fsp3) is 0.500. The van der Waals surface area contributed by atoms with Gasteiger partial charge in [0.1, 0.15) is 0 Å². The zero-order valence-corrected chi connectivity index (χ0v) is 13.1. The number of nitrogens with one attached hydrogen (secondary N) is 1. The molecular weight excluding hydrogens is 296 g/mol. The molecule has 4 nitrogen and oxygen atoms in total.